The topological polar surface area (TPSA) is 66.8 Å². The quantitative estimate of drug-likeness (QED) is 0.773. The van der Waals surface area contributed by atoms with Gasteiger partial charge in [0.25, 0.3) is 0 Å². The van der Waals surface area contributed by atoms with Crippen molar-refractivity contribution in [1.82, 2.24) is 0 Å². The van der Waals surface area contributed by atoms with Crippen molar-refractivity contribution >= 4 is 5.97 Å². The first-order valence-corrected chi connectivity index (χ1v) is 5.25. The number of carbonyl (C=O) groups is 1. The van der Waals surface area contributed by atoms with Gasteiger partial charge in [0.05, 0.1) is 0 Å². The van der Waals surface area contributed by atoms with Crippen molar-refractivity contribution in [2.75, 3.05) is 6.61 Å². The van der Waals surface area contributed by atoms with Crippen LogP contribution in [0.15, 0.2) is 24.3 Å². The number of phenols is 1. The molecule has 0 saturated heterocycles. The second kappa shape index (κ2) is 6.12. The van der Waals surface area contributed by atoms with Crippen LogP contribution < -0.4 is 0 Å². The number of hydrogen-bond donors (Lipinski definition) is 2. The molecule has 4 heteroatoms. The maximum absolute atomic E-state index is 10.8. The van der Waals surface area contributed by atoms with Gasteiger partial charge >= 0.3 is 5.97 Å². The number of benzene rings is 1. The zero-order valence-corrected chi connectivity index (χ0v) is 9.22. The molecule has 0 spiro atoms. The highest BCUT2D eigenvalue weighted by Crippen LogP contribution is 2.14. The van der Waals surface area contributed by atoms with E-state index in [2.05, 4.69) is 0 Å². The standard InChI is InChI=1S/C12H16O4/c1-2-16-11(12(14)15)7-6-9-4-3-5-10(13)8-9/h3-5,8,11,13H,2,6-7H2,1H3,(H,14,15). The summed E-state index contributed by atoms with van der Waals surface area (Å²) in [6.45, 7) is 2.15. The van der Waals surface area contributed by atoms with E-state index in [1.807, 2.05) is 6.07 Å². The van der Waals surface area contributed by atoms with Crippen molar-refractivity contribution in [1.29, 1.82) is 0 Å². The molecule has 4 nitrogen and oxygen atoms in total. The van der Waals surface area contributed by atoms with E-state index in [1.165, 1.54) is 0 Å². The molecule has 0 heterocycles. The fourth-order valence-corrected chi connectivity index (χ4v) is 1.49. The molecule has 1 aromatic rings. The molecule has 88 valence electrons. The van der Waals surface area contributed by atoms with Gasteiger partial charge in [-0.05, 0) is 37.5 Å². The fraction of sp³-hybridized carbons (Fsp3) is 0.417. The lowest BCUT2D eigenvalue weighted by Gasteiger charge is -2.11. The highest BCUT2D eigenvalue weighted by molar-refractivity contribution is 5.72. The number of aromatic hydroxyl groups is 1. The van der Waals surface area contributed by atoms with Crippen LogP contribution in [0.2, 0.25) is 0 Å². The number of carboxylic acid groups (broad SMARTS) is 1. The lowest BCUT2D eigenvalue weighted by Crippen LogP contribution is -2.24. The first-order chi connectivity index (χ1) is 7.63. The van der Waals surface area contributed by atoms with E-state index < -0.39 is 12.1 Å². The Kier molecular flexibility index (Phi) is 4.79. The van der Waals surface area contributed by atoms with Crippen LogP contribution in [0, 0.1) is 0 Å². The smallest absolute Gasteiger partial charge is 0.332 e. The minimum Gasteiger partial charge on any atom is -0.508 e. The predicted octanol–water partition coefficient (Wildman–Crippen LogP) is 1.81. The molecular formula is C12H16O4. The Morgan fingerprint density at radius 1 is 1.50 bits per heavy atom. The van der Waals surface area contributed by atoms with Crippen LogP contribution in [-0.2, 0) is 16.0 Å². The first-order valence-electron chi connectivity index (χ1n) is 5.25. The molecule has 0 bridgehead atoms. The molecule has 0 amide bonds. The Labute approximate surface area is 94.5 Å². The molecule has 1 unspecified atom stereocenters. The molecule has 0 aliphatic heterocycles. The van der Waals surface area contributed by atoms with E-state index in [-0.39, 0.29) is 5.75 Å². The Hall–Kier alpha value is -1.55. The van der Waals surface area contributed by atoms with E-state index in [0.29, 0.717) is 19.4 Å². The van der Waals surface area contributed by atoms with Crippen LogP contribution in [0.5, 0.6) is 5.75 Å². The highest BCUT2D eigenvalue weighted by atomic mass is 16.5. The van der Waals surface area contributed by atoms with Gasteiger partial charge in [-0.1, -0.05) is 12.1 Å². The summed E-state index contributed by atoms with van der Waals surface area (Å²) < 4.78 is 5.09. The second-order valence-electron chi connectivity index (χ2n) is 3.49. The average molecular weight is 224 g/mol. The Bertz CT molecular complexity index is 349. The molecule has 0 aliphatic rings. The predicted molar refractivity (Wildman–Crippen MR) is 59.5 cm³/mol. The normalized spacial score (nSPS) is 12.3. The zero-order chi connectivity index (χ0) is 12.0. The van der Waals surface area contributed by atoms with E-state index in [0.717, 1.165) is 5.56 Å². The van der Waals surface area contributed by atoms with Gasteiger partial charge < -0.3 is 14.9 Å². The molecule has 0 saturated carbocycles. The van der Waals surface area contributed by atoms with Gasteiger partial charge in [-0.15, -0.1) is 0 Å². The lowest BCUT2D eigenvalue weighted by molar-refractivity contribution is -0.150. The maximum atomic E-state index is 10.8. The van der Waals surface area contributed by atoms with Gasteiger partial charge in [-0.3, -0.25) is 0 Å². The number of carboxylic acids is 1. The third-order valence-corrected chi connectivity index (χ3v) is 2.25. The van der Waals surface area contributed by atoms with Gasteiger partial charge in [-0.25, -0.2) is 4.79 Å². The summed E-state index contributed by atoms with van der Waals surface area (Å²) in [6.07, 6.45) is 0.213. The number of ether oxygens (including phenoxy) is 1. The SMILES string of the molecule is CCOC(CCc1cccc(O)c1)C(=O)O. The maximum Gasteiger partial charge on any atom is 0.332 e. The van der Waals surface area contributed by atoms with Crippen LogP contribution >= 0.6 is 0 Å². The van der Waals surface area contributed by atoms with Crippen molar-refractivity contribution in [3.63, 3.8) is 0 Å². The minimum absolute atomic E-state index is 0.195. The Morgan fingerprint density at radius 3 is 2.81 bits per heavy atom. The zero-order valence-electron chi connectivity index (χ0n) is 9.22. The Morgan fingerprint density at radius 2 is 2.25 bits per heavy atom. The second-order valence-corrected chi connectivity index (χ2v) is 3.49. The number of rotatable bonds is 6. The van der Waals surface area contributed by atoms with E-state index >= 15 is 0 Å². The van der Waals surface area contributed by atoms with Gasteiger partial charge in [0.1, 0.15) is 5.75 Å². The van der Waals surface area contributed by atoms with Crippen molar-refractivity contribution in [3.05, 3.63) is 29.8 Å². The average Bonchev–Trinajstić information content (AvgIpc) is 2.24. The van der Waals surface area contributed by atoms with Crippen LogP contribution in [0.1, 0.15) is 18.9 Å². The van der Waals surface area contributed by atoms with Gasteiger partial charge in [0.2, 0.25) is 0 Å². The Balaban J connectivity index is 2.51. The summed E-state index contributed by atoms with van der Waals surface area (Å²) in [6, 6.07) is 6.80. The highest BCUT2D eigenvalue weighted by Gasteiger charge is 2.16. The van der Waals surface area contributed by atoms with E-state index in [9.17, 15) is 9.90 Å². The molecular weight excluding hydrogens is 208 g/mol. The molecule has 1 atom stereocenters. The van der Waals surface area contributed by atoms with Crippen LogP contribution in [-0.4, -0.2) is 28.9 Å². The number of aliphatic carboxylic acids is 1. The lowest BCUT2D eigenvalue weighted by atomic mass is 10.1. The summed E-state index contributed by atoms with van der Waals surface area (Å²) in [5, 5.41) is 18.1. The molecule has 1 aromatic carbocycles. The van der Waals surface area contributed by atoms with Crippen LogP contribution in [0.3, 0.4) is 0 Å². The molecule has 16 heavy (non-hydrogen) atoms. The van der Waals surface area contributed by atoms with Crippen LogP contribution in [0.4, 0.5) is 0 Å². The summed E-state index contributed by atoms with van der Waals surface area (Å²) in [4.78, 5) is 10.8. The van der Waals surface area contributed by atoms with E-state index in [1.54, 1.807) is 25.1 Å². The van der Waals surface area contributed by atoms with Crippen molar-refractivity contribution in [3.8, 4) is 5.75 Å². The van der Waals surface area contributed by atoms with Gasteiger partial charge in [0, 0.05) is 6.61 Å². The minimum atomic E-state index is -0.943. The number of phenolic OH excluding ortho intramolecular Hbond substituents is 1. The monoisotopic (exact) mass is 224 g/mol. The largest absolute Gasteiger partial charge is 0.508 e. The molecule has 0 fully saturated rings. The first kappa shape index (κ1) is 12.5. The molecule has 2 N–H and O–H groups in total. The fourth-order valence-electron chi connectivity index (χ4n) is 1.49. The third kappa shape index (κ3) is 3.90. The molecule has 0 aliphatic carbocycles. The van der Waals surface area contributed by atoms with Crippen LogP contribution in [0.25, 0.3) is 0 Å². The molecule has 0 radical (unpaired) electrons. The summed E-state index contributed by atoms with van der Waals surface area (Å²) in [7, 11) is 0. The number of aryl methyl sites for hydroxylation is 1. The van der Waals surface area contributed by atoms with E-state index in [4.69, 9.17) is 9.84 Å². The van der Waals surface area contributed by atoms with Crippen molar-refractivity contribution in [2.24, 2.45) is 0 Å². The summed E-state index contributed by atoms with van der Waals surface area (Å²) >= 11 is 0. The van der Waals surface area contributed by atoms with Crippen molar-refractivity contribution < 1.29 is 19.7 Å². The third-order valence-electron chi connectivity index (χ3n) is 2.25. The summed E-state index contributed by atoms with van der Waals surface area (Å²) in [5.41, 5.74) is 0.908. The molecule has 0 aromatic heterocycles. The molecule has 1 rings (SSSR count). The van der Waals surface area contributed by atoms with Gasteiger partial charge in [0.15, 0.2) is 6.10 Å². The summed E-state index contributed by atoms with van der Waals surface area (Å²) in [5.74, 6) is -0.747. The number of hydrogen-bond acceptors (Lipinski definition) is 3. The van der Waals surface area contributed by atoms with Gasteiger partial charge in [-0.2, -0.15) is 0 Å². The van der Waals surface area contributed by atoms with Crippen molar-refractivity contribution in [2.45, 2.75) is 25.9 Å².